The summed E-state index contributed by atoms with van der Waals surface area (Å²) in [6.45, 7) is 8.00. The quantitative estimate of drug-likeness (QED) is 0.772. The number of aromatic nitrogens is 1. The van der Waals surface area contributed by atoms with Crippen LogP contribution >= 0.6 is 0 Å². The van der Waals surface area contributed by atoms with Gasteiger partial charge in [-0.3, -0.25) is 4.79 Å². The van der Waals surface area contributed by atoms with Gasteiger partial charge >= 0.3 is 0 Å². The smallest absolute Gasteiger partial charge is 0.181 e. The number of ketones is 1. The van der Waals surface area contributed by atoms with Crippen molar-refractivity contribution >= 4 is 11.5 Å². The summed E-state index contributed by atoms with van der Waals surface area (Å²) in [6, 6.07) is 2.30. The summed E-state index contributed by atoms with van der Waals surface area (Å²) in [5.74, 6) is 0.236. The van der Waals surface area contributed by atoms with Crippen molar-refractivity contribution in [3.05, 3.63) is 18.0 Å². The van der Waals surface area contributed by atoms with Gasteiger partial charge in [-0.1, -0.05) is 13.8 Å². The topological polar surface area (TPSA) is 34.0 Å². The number of aryl methyl sites for hydroxylation is 1. The Labute approximate surface area is 91.5 Å². The standard InChI is InChI=1S/C12H20N2O/c1-8(2)12(15)11-6-10(7-14(11)5)13-9(3)4/h6-9,13H,1-5H3. The van der Waals surface area contributed by atoms with Crippen LogP contribution in [0.15, 0.2) is 12.3 Å². The van der Waals surface area contributed by atoms with Crippen molar-refractivity contribution < 1.29 is 4.79 Å². The van der Waals surface area contributed by atoms with Gasteiger partial charge in [-0.15, -0.1) is 0 Å². The zero-order valence-corrected chi connectivity index (χ0v) is 10.2. The van der Waals surface area contributed by atoms with E-state index in [-0.39, 0.29) is 11.7 Å². The molecule has 1 aromatic heterocycles. The maximum absolute atomic E-state index is 11.8. The van der Waals surface area contributed by atoms with E-state index >= 15 is 0 Å². The Morgan fingerprint density at radius 2 is 1.93 bits per heavy atom. The Kier molecular flexibility index (Phi) is 3.56. The molecule has 0 unspecified atom stereocenters. The number of carbonyl (C=O) groups is 1. The van der Waals surface area contributed by atoms with E-state index in [1.54, 1.807) is 0 Å². The summed E-state index contributed by atoms with van der Waals surface area (Å²) >= 11 is 0. The van der Waals surface area contributed by atoms with E-state index in [0.29, 0.717) is 6.04 Å². The number of Topliss-reactive ketones (excluding diaryl/α,β-unsaturated/α-hetero) is 1. The zero-order chi connectivity index (χ0) is 11.6. The lowest BCUT2D eigenvalue weighted by Gasteiger charge is -2.05. The molecule has 0 saturated carbocycles. The lowest BCUT2D eigenvalue weighted by molar-refractivity contribution is 0.0931. The third-order valence-corrected chi connectivity index (χ3v) is 2.24. The number of rotatable bonds is 4. The van der Waals surface area contributed by atoms with E-state index < -0.39 is 0 Å². The first-order valence-electron chi connectivity index (χ1n) is 5.39. The van der Waals surface area contributed by atoms with Crippen molar-refractivity contribution in [2.75, 3.05) is 5.32 Å². The van der Waals surface area contributed by atoms with Gasteiger partial charge in [-0.05, 0) is 19.9 Å². The van der Waals surface area contributed by atoms with Crippen LogP contribution in [0.4, 0.5) is 5.69 Å². The summed E-state index contributed by atoms with van der Waals surface area (Å²) in [5, 5.41) is 3.29. The second kappa shape index (κ2) is 4.51. The predicted octanol–water partition coefficient (Wildman–Crippen LogP) is 2.68. The molecule has 0 spiro atoms. The van der Waals surface area contributed by atoms with Gasteiger partial charge in [0.1, 0.15) is 0 Å². The third-order valence-electron chi connectivity index (χ3n) is 2.24. The van der Waals surface area contributed by atoms with Crippen LogP contribution in [0.5, 0.6) is 0 Å². The fourth-order valence-electron chi connectivity index (χ4n) is 1.52. The highest BCUT2D eigenvalue weighted by atomic mass is 16.1. The van der Waals surface area contributed by atoms with Gasteiger partial charge < -0.3 is 9.88 Å². The van der Waals surface area contributed by atoms with Crippen LogP contribution in [0.1, 0.15) is 38.2 Å². The van der Waals surface area contributed by atoms with Crippen LogP contribution in [-0.4, -0.2) is 16.4 Å². The summed E-state index contributed by atoms with van der Waals surface area (Å²) in [4.78, 5) is 11.8. The molecule has 3 heteroatoms. The van der Waals surface area contributed by atoms with E-state index in [2.05, 4.69) is 19.2 Å². The molecule has 0 bridgehead atoms. The normalized spacial score (nSPS) is 11.1. The monoisotopic (exact) mass is 208 g/mol. The number of nitrogens with zero attached hydrogens (tertiary/aromatic N) is 1. The van der Waals surface area contributed by atoms with Crippen LogP contribution in [0.25, 0.3) is 0 Å². The lowest BCUT2D eigenvalue weighted by atomic mass is 10.1. The molecule has 1 rings (SSSR count). The Bertz CT molecular complexity index is 351. The average molecular weight is 208 g/mol. The maximum atomic E-state index is 11.8. The number of nitrogens with one attached hydrogen (secondary N) is 1. The van der Waals surface area contributed by atoms with Crippen molar-refractivity contribution in [1.29, 1.82) is 0 Å². The minimum absolute atomic E-state index is 0.0468. The Morgan fingerprint density at radius 3 is 2.40 bits per heavy atom. The number of hydrogen-bond donors (Lipinski definition) is 1. The Balaban J connectivity index is 2.91. The first-order valence-corrected chi connectivity index (χ1v) is 5.39. The van der Waals surface area contributed by atoms with Crippen molar-refractivity contribution in [2.24, 2.45) is 13.0 Å². The van der Waals surface area contributed by atoms with Gasteiger partial charge in [0.2, 0.25) is 0 Å². The first kappa shape index (κ1) is 11.8. The fourth-order valence-corrected chi connectivity index (χ4v) is 1.52. The molecule has 3 nitrogen and oxygen atoms in total. The van der Waals surface area contributed by atoms with Crippen LogP contribution in [0.3, 0.4) is 0 Å². The molecule has 1 aromatic rings. The largest absolute Gasteiger partial charge is 0.382 e. The van der Waals surface area contributed by atoms with Gasteiger partial charge in [-0.2, -0.15) is 0 Å². The Morgan fingerprint density at radius 1 is 1.33 bits per heavy atom. The van der Waals surface area contributed by atoms with Crippen LogP contribution in [0.2, 0.25) is 0 Å². The van der Waals surface area contributed by atoms with Crippen LogP contribution in [0, 0.1) is 5.92 Å². The van der Waals surface area contributed by atoms with Gasteiger partial charge in [-0.25, -0.2) is 0 Å². The summed E-state index contributed by atoms with van der Waals surface area (Å²) in [7, 11) is 1.90. The third kappa shape index (κ3) is 2.85. The van der Waals surface area contributed by atoms with Crippen LogP contribution < -0.4 is 5.32 Å². The maximum Gasteiger partial charge on any atom is 0.181 e. The molecule has 0 aliphatic heterocycles. The highest BCUT2D eigenvalue weighted by Gasteiger charge is 2.15. The van der Waals surface area contributed by atoms with Crippen molar-refractivity contribution in [1.82, 2.24) is 4.57 Å². The molecule has 1 N–H and O–H groups in total. The van der Waals surface area contributed by atoms with Crippen molar-refractivity contribution in [3.63, 3.8) is 0 Å². The second-order valence-electron chi connectivity index (χ2n) is 4.54. The van der Waals surface area contributed by atoms with Gasteiger partial charge in [0.25, 0.3) is 0 Å². The van der Waals surface area contributed by atoms with E-state index in [4.69, 9.17) is 0 Å². The first-order chi connectivity index (χ1) is 6.91. The Hall–Kier alpha value is -1.25. The number of anilines is 1. The molecular weight excluding hydrogens is 188 g/mol. The molecule has 0 aliphatic carbocycles. The molecule has 0 radical (unpaired) electrons. The molecule has 0 amide bonds. The SMILES string of the molecule is CC(C)Nc1cc(C(=O)C(C)C)n(C)c1. The second-order valence-corrected chi connectivity index (χ2v) is 4.54. The van der Waals surface area contributed by atoms with Gasteiger partial charge in [0.15, 0.2) is 5.78 Å². The molecule has 84 valence electrons. The number of carbonyl (C=O) groups excluding carboxylic acids is 1. The molecule has 0 atom stereocenters. The fraction of sp³-hybridized carbons (Fsp3) is 0.583. The molecule has 0 fully saturated rings. The zero-order valence-electron chi connectivity index (χ0n) is 10.2. The summed E-state index contributed by atoms with van der Waals surface area (Å²) in [6.07, 6.45) is 1.95. The van der Waals surface area contributed by atoms with E-state index in [9.17, 15) is 4.79 Å². The number of hydrogen-bond acceptors (Lipinski definition) is 2. The molecule has 0 aromatic carbocycles. The minimum atomic E-state index is 0.0468. The lowest BCUT2D eigenvalue weighted by Crippen LogP contribution is -2.11. The summed E-state index contributed by atoms with van der Waals surface area (Å²) < 4.78 is 1.88. The highest BCUT2D eigenvalue weighted by Crippen LogP contribution is 2.16. The average Bonchev–Trinajstić information content (AvgIpc) is 2.44. The van der Waals surface area contributed by atoms with Crippen molar-refractivity contribution in [2.45, 2.75) is 33.7 Å². The van der Waals surface area contributed by atoms with E-state index in [0.717, 1.165) is 11.4 Å². The van der Waals surface area contributed by atoms with Gasteiger partial charge in [0.05, 0.1) is 11.4 Å². The predicted molar refractivity (Wildman–Crippen MR) is 63.3 cm³/mol. The molecule has 15 heavy (non-hydrogen) atoms. The highest BCUT2D eigenvalue weighted by molar-refractivity contribution is 5.97. The van der Waals surface area contributed by atoms with Crippen molar-refractivity contribution in [3.8, 4) is 0 Å². The molecule has 0 saturated heterocycles. The summed E-state index contributed by atoms with van der Waals surface area (Å²) in [5.41, 5.74) is 1.78. The van der Waals surface area contributed by atoms with E-state index in [1.807, 2.05) is 37.7 Å². The molecule has 0 aliphatic rings. The minimum Gasteiger partial charge on any atom is -0.382 e. The molecule has 1 heterocycles. The van der Waals surface area contributed by atoms with Crippen LogP contribution in [-0.2, 0) is 7.05 Å². The molecular formula is C12H20N2O. The van der Waals surface area contributed by atoms with E-state index in [1.165, 1.54) is 0 Å². The van der Waals surface area contributed by atoms with Gasteiger partial charge in [0, 0.05) is 25.2 Å².